The lowest BCUT2D eigenvalue weighted by molar-refractivity contribution is -0.114. The first kappa shape index (κ1) is 17.9. The van der Waals surface area contributed by atoms with Crippen molar-refractivity contribution in [2.75, 3.05) is 10.6 Å². The van der Waals surface area contributed by atoms with Gasteiger partial charge < -0.3 is 10.6 Å². The summed E-state index contributed by atoms with van der Waals surface area (Å²) in [5.74, 6) is -0.495. The van der Waals surface area contributed by atoms with Gasteiger partial charge in [-0.25, -0.2) is 4.98 Å². The normalized spacial score (nSPS) is 10.8. The van der Waals surface area contributed by atoms with Crippen molar-refractivity contribution in [2.24, 2.45) is 7.05 Å². The van der Waals surface area contributed by atoms with Gasteiger partial charge in [-0.15, -0.1) is 0 Å². The van der Waals surface area contributed by atoms with Crippen molar-refractivity contribution in [3.05, 3.63) is 46.2 Å². The molecule has 2 heterocycles. The molecule has 2 N–H and O–H groups in total. The number of aryl methyl sites for hydroxylation is 3. The zero-order valence-electron chi connectivity index (χ0n) is 14.8. The van der Waals surface area contributed by atoms with Crippen LogP contribution in [0.1, 0.15) is 28.7 Å². The Morgan fingerprint density at radius 2 is 1.88 bits per heavy atom. The molecule has 0 fully saturated rings. The molecular weight excluding hydrogens is 354 g/mol. The van der Waals surface area contributed by atoms with E-state index in [1.54, 1.807) is 36.0 Å². The minimum Gasteiger partial charge on any atom is -0.325 e. The number of nitrogens with zero attached hydrogens (tertiary/aromatic N) is 3. The van der Waals surface area contributed by atoms with Crippen molar-refractivity contribution in [3.63, 3.8) is 0 Å². The van der Waals surface area contributed by atoms with E-state index in [1.807, 2.05) is 13.8 Å². The van der Waals surface area contributed by atoms with Crippen molar-refractivity contribution in [1.82, 2.24) is 14.8 Å². The smallest absolute Gasteiger partial charge is 0.256 e. The van der Waals surface area contributed by atoms with Gasteiger partial charge in [0.05, 0.1) is 27.4 Å². The fourth-order valence-electron chi connectivity index (χ4n) is 2.83. The number of nitrogens with one attached hydrogen (secondary N) is 2. The number of pyridine rings is 1. The second-order valence-corrected chi connectivity index (χ2v) is 6.46. The standard InChI is InChI=1S/C18H18ClN5O2/c1-9-7-13(16-10(2)23-24(4)17(16)20-9)18(26)22-12-5-6-15(14(19)8-12)21-11(3)25/h5-8H,1-4H3,(H,21,25)(H,22,26). The molecule has 0 radical (unpaired) electrons. The van der Waals surface area contributed by atoms with Crippen molar-refractivity contribution in [3.8, 4) is 0 Å². The summed E-state index contributed by atoms with van der Waals surface area (Å²) in [7, 11) is 1.80. The number of carbonyl (C=O) groups excluding carboxylic acids is 2. The number of carbonyl (C=O) groups is 2. The number of hydrogen-bond acceptors (Lipinski definition) is 4. The summed E-state index contributed by atoms with van der Waals surface area (Å²) in [5, 5.41) is 10.9. The van der Waals surface area contributed by atoms with Gasteiger partial charge in [-0.2, -0.15) is 5.10 Å². The predicted octanol–water partition coefficient (Wildman–Crippen LogP) is 3.45. The first-order valence-electron chi connectivity index (χ1n) is 7.95. The molecule has 0 atom stereocenters. The van der Waals surface area contributed by atoms with E-state index in [0.29, 0.717) is 27.6 Å². The molecule has 0 aliphatic carbocycles. The second-order valence-electron chi connectivity index (χ2n) is 6.05. The zero-order valence-corrected chi connectivity index (χ0v) is 15.6. The molecule has 0 spiro atoms. The molecular formula is C18H18ClN5O2. The molecule has 1 aromatic carbocycles. The van der Waals surface area contributed by atoms with Crippen LogP contribution in [0.5, 0.6) is 0 Å². The quantitative estimate of drug-likeness (QED) is 0.738. The van der Waals surface area contributed by atoms with Gasteiger partial charge in [0.15, 0.2) is 5.65 Å². The Kier molecular flexibility index (Phi) is 4.65. The lowest BCUT2D eigenvalue weighted by Gasteiger charge is -2.10. The predicted molar refractivity (Wildman–Crippen MR) is 102 cm³/mol. The van der Waals surface area contributed by atoms with E-state index in [9.17, 15) is 9.59 Å². The highest BCUT2D eigenvalue weighted by molar-refractivity contribution is 6.34. The maximum absolute atomic E-state index is 12.8. The highest BCUT2D eigenvalue weighted by Crippen LogP contribution is 2.27. The van der Waals surface area contributed by atoms with Gasteiger partial charge in [-0.1, -0.05) is 11.6 Å². The summed E-state index contributed by atoms with van der Waals surface area (Å²) in [6, 6.07) is 6.64. The molecule has 0 saturated carbocycles. The Morgan fingerprint density at radius 1 is 1.15 bits per heavy atom. The van der Waals surface area contributed by atoms with Gasteiger partial charge in [0.2, 0.25) is 5.91 Å². The van der Waals surface area contributed by atoms with Crippen LogP contribution in [0.3, 0.4) is 0 Å². The zero-order chi connectivity index (χ0) is 19.0. The van der Waals surface area contributed by atoms with Crippen LogP contribution in [0.25, 0.3) is 11.0 Å². The molecule has 26 heavy (non-hydrogen) atoms. The molecule has 0 aliphatic rings. The highest BCUT2D eigenvalue weighted by atomic mass is 35.5. The van der Waals surface area contributed by atoms with Gasteiger partial charge in [-0.05, 0) is 38.1 Å². The van der Waals surface area contributed by atoms with Crippen molar-refractivity contribution >= 4 is 45.8 Å². The van der Waals surface area contributed by atoms with Crippen LogP contribution in [0.15, 0.2) is 24.3 Å². The third kappa shape index (κ3) is 3.39. The minimum absolute atomic E-state index is 0.217. The second kappa shape index (κ2) is 6.76. The molecule has 0 unspecified atom stereocenters. The third-order valence-electron chi connectivity index (χ3n) is 3.88. The van der Waals surface area contributed by atoms with Crippen LogP contribution >= 0.6 is 11.6 Å². The molecule has 8 heteroatoms. The lowest BCUT2D eigenvalue weighted by Crippen LogP contribution is -2.14. The largest absolute Gasteiger partial charge is 0.325 e. The van der Waals surface area contributed by atoms with E-state index >= 15 is 0 Å². The molecule has 3 aromatic rings. The lowest BCUT2D eigenvalue weighted by atomic mass is 10.1. The number of amides is 2. The van der Waals surface area contributed by atoms with Gasteiger partial charge in [-0.3, -0.25) is 14.3 Å². The summed E-state index contributed by atoms with van der Waals surface area (Å²) in [6.07, 6.45) is 0. The average Bonchev–Trinajstić information content (AvgIpc) is 2.83. The number of benzene rings is 1. The maximum Gasteiger partial charge on any atom is 0.256 e. The van der Waals surface area contributed by atoms with Crippen molar-refractivity contribution in [1.29, 1.82) is 0 Å². The van der Waals surface area contributed by atoms with E-state index in [-0.39, 0.29) is 11.8 Å². The number of hydrogen-bond donors (Lipinski definition) is 2. The van der Waals surface area contributed by atoms with E-state index < -0.39 is 0 Å². The monoisotopic (exact) mass is 371 g/mol. The first-order valence-corrected chi connectivity index (χ1v) is 8.33. The summed E-state index contributed by atoms with van der Waals surface area (Å²) in [6.45, 7) is 5.08. The molecule has 0 aliphatic heterocycles. The van der Waals surface area contributed by atoms with Gasteiger partial charge in [0.1, 0.15) is 0 Å². The Balaban J connectivity index is 1.95. The molecule has 134 valence electrons. The summed E-state index contributed by atoms with van der Waals surface area (Å²) in [5.41, 5.74) is 3.64. The van der Waals surface area contributed by atoms with Crippen LogP contribution in [-0.2, 0) is 11.8 Å². The molecule has 7 nitrogen and oxygen atoms in total. The van der Waals surface area contributed by atoms with Crippen LogP contribution in [-0.4, -0.2) is 26.6 Å². The molecule has 2 amide bonds. The van der Waals surface area contributed by atoms with E-state index in [4.69, 9.17) is 11.6 Å². The summed E-state index contributed by atoms with van der Waals surface area (Å²) < 4.78 is 1.66. The average molecular weight is 372 g/mol. The molecule has 3 rings (SSSR count). The number of anilines is 2. The summed E-state index contributed by atoms with van der Waals surface area (Å²) in [4.78, 5) is 28.4. The van der Waals surface area contributed by atoms with Crippen LogP contribution in [0, 0.1) is 13.8 Å². The topological polar surface area (TPSA) is 88.9 Å². The minimum atomic E-state index is -0.278. The SMILES string of the molecule is CC(=O)Nc1ccc(NC(=O)c2cc(C)nc3c2c(C)nn3C)cc1Cl. The maximum atomic E-state index is 12.8. The van der Waals surface area contributed by atoms with E-state index in [2.05, 4.69) is 20.7 Å². The Labute approximate surface area is 155 Å². The summed E-state index contributed by atoms with van der Waals surface area (Å²) >= 11 is 6.16. The fourth-order valence-corrected chi connectivity index (χ4v) is 3.06. The Hall–Kier alpha value is -2.93. The van der Waals surface area contributed by atoms with E-state index in [0.717, 1.165) is 16.8 Å². The molecule has 0 saturated heterocycles. The number of rotatable bonds is 3. The Bertz CT molecular complexity index is 1040. The number of halogens is 1. The van der Waals surface area contributed by atoms with Crippen LogP contribution < -0.4 is 10.6 Å². The fraction of sp³-hybridized carbons (Fsp3) is 0.222. The van der Waals surface area contributed by atoms with E-state index in [1.165, 1.54) is 6.92 Å². The number of fused-ring (bicyclic) bond motifs is 1. The first-order chi connectivity index (χ1) is 12.3. The van der Waals surface area contributed by atoms with Gasteiger partial charge in [0.25, 0.3) is 5.91 Å². The van der Waals surface area contributed by atoms with Crippen molar-refractivity contribution < 1.29 is 9.59 Å². The number of aromatic nitrogens is 3. The Morgan fingerprint density at radius 3 is 2.54 bits per heavy atom. The molecule has 0 bridgehead atoms. The molecule has 2 aromatic heterocycles. The van der Waals surface area contributed by atoms with Gasteiger partial charge in [0, 0.05) is 25.4 Å². The van der Waals surface area contributed by atoms with Crippen LogP contribution in [0.4, 0.5) is 11.4 Å². The van der Waals surface area contributed by atoms with Crippen molar-refractivity contribution in [2.45, 2.75) is 20.8 Å². The van der Waals surface area contributed by atoms with Crippen LogP contribution in [0.2, 0.25) is 5.02 Å². The van der Waals surface area contributed by atoms with Gasteiger partial charge >= 0.3 is 0 Å². The highest BCUT2D eigenvalue weighted by Gasteiger charge is 2.18. The third-order valence-corrected chi connectivity index (χ3v) is 4.19.